The Morgan fingerprint density at radius 3 is 2.32 bits per heavy atom. The summed E-state index contributed by atoms with van der Waals surface area (Å²) in [5.41, 5.74) is 4.68. The molecule has 2 heterocycles. The van der Waals surface area contributed by atoms with Crippen molar-refractivity contribution >= 4 is 34.7 Å². The molecule has 194 valence electrons. The van der Waals surface area contributed by atoms with Crippen molar-refractivity contribution < 1.29 is 19.0 Å². The van der Waals surface area contributed by atoms with Crippen LogP contribution in [0.5, 0.6) is 17.2 Å². The van der Waals surface area contributed by atoms with Gasteiger partial charge in [-0.05, 0) is 55.0 Å². The normalized spacial score (nSPS) is 14.1. The number of nitrogens with one attached hydrogen (secondary N) is 2. The highest BCUT2D eigenvalue weighted by atomic mass is 35.5. The number of ether oxygens (including phenoxy) is 3. The Labute approximate surface area is 225 Å². The van der Waals surface area contributed by atoms with Gasteiger partial charge >= 0.3 is 0 Å². The first kappa shape index (κ1) is 25.2. The number of anilines is 2. The van der Waals surface area contributed by atoms with Crippen molar-refractivity contribution in [3.05, 3.63) is 100 Å². The summed E-state index contributed by atoms with van der Waals surface area (Å²) in [7, 11) is 4.72. The van der Waals surface area contributed by atoms with Gasteiger partial charge in [0.25, 0.3) is 5.91 Å². The second-order valence-corrected chi connectivity index (χ2v) is 9.19. The molecule has 2 N–H and O–H groups in total. The summed E-state index contributed by atoms with van der Waals surface area (Å²) in [5, 5.41) is 11.6. The van der Waals surface area contributed by atoms with Gasteiger partial charge in [0.15, 0.2) is 11.5 Å². The fourth-order valence-corrected chi connectivity index (χ4v) is 4.60. The lowest BCUT2D eigenvalue weighted by Crippen LogP contribution is -2.22. The second kappa shape index (κ2) is 10.5. The summed E-state index contributed by atoms with van der Waals surface area (Å²) in [4.78, 5) is 13.4. The fraction of sp³-hybridized carbons (Fsp3) is 0.172. The third-order valence-corrected chi connectivity index (χ3v) is 6.65. The predicted molar refractivity (Wildman–Crippen MR) is 149 cm³/mol. The highest BCUT2D eigenvalue weighted by Crippen LogP contribution is 2.45. The first-order chi connectivity index (χ1) is 18.4. The van der Waals surface area contributed by atoms with Crippen LogP contribution in [0.2, 0.25) is 5.02 Å². The van der Waals surface area contributed by atoms with Crippen molar-refractivity contribution in [3.63, 3.8) is 0 Å². The summed E-state index contributed by atoms with van der Waals surface area (Å²) < 4.78 is 18.6. The molecule has 0 fully saturated rings. The topological polar surface area (TPSA) is 86.6 Å². The summed E-state index contributed by atoms with van der Waals surface area (Å²) in [6.07, 6.45) is 3.58. The Balaban J connectivity index is 1.62. The van der Waals surface area contributed by atoms with Crippen molar-refractivity contribution in [1.29, 1.82) is 0 Å². The number of aromatic nitrogens is 2. The van der Waals surface area contributed by atoms with Gasteiger partial charge in [-0.25, -0.2) is 4.68 Å². The zero-order chi connectivity index (χ0) is 26.8. The Bertz CT molecular complexity index is 1510. The molecule has 0 bridgehead atoms. The lowest BCUT2D eigenvalue weighted by atomic mass is 9.99. The zero-order valence-corrected chi connectivity index (χ0v) is 22.2. The molecule has 1 atom stereocenters. The van der Waals surface area contributed by atoms with Gasteiger partial charge in [0.2, 0.25) is 5.75 Å². The molecular formula is C29H27ClN4O4. The smallest absolute Gasteiger partial charge is 0.261 e. The van der Waals surface area contributed by atoms with Crippen molar-refractivity contribution in [2.75, 3.05) is 32.0 Å². The Hall–Kier alpha value is -4.43. The van der Waals surface area contributed by atoms with E-state index in [1.165, 1.54) is 0 Å². The lowest BCUT2D eigenvalue weighted by Gasteiger charge is -2.28. The summed E-state index contributed by atoms with van der Waals surface area (Å²) in [6.45, 7) is 2.00. The van der Waals surface area contributed by atoms with Crippen LogP contribution >= 0.6 is 11.6 Å². The van der Waals surface area contributed by atoms with Gasteiger partial charge in [-0.2, -0.15) is 5.10 Å². The predicted octanol–water partition coefficient (Wildman–Crippen LogP) is 6.18. The SMILES string of the molecule is COc1ccc([C@@H]2C=C(c3ccc(Cl)cc3)Nc3c(C(=O)Nc4ccc(C)cc4)cnn32)c(OC)c1OC. The van der Waals surface area contributed by atoms with Gasteiger partial charge in [0.05, 0.1) is 27.5 Å². The largest absolute Gasteiger partial charge is 0.493 e. The maximum absolute atomic E-state index is 13.4. The summed E-state index contributed by atoms with van der Waals surface area (Å²) in [6, 6.07) is 18.4. The number of methoxy groups -OCH3 is 3. The van der Waals surface area contributed by atoms with Gasteiger partial charge in [-0.15, -0.1) is 0 Å². The number of hydrogen-bond donors (Lipinski definition) is 2. The van der Waals surface area contributed by atoms with E-state index >= 15 is 0 Å². The van der Waals surface area contributed by atoms with Crippen LogP contribution in [0.3, 0.4) is 0 Å². The lowest BCUT2D eigenvalue weighted by molar-refractivity contribution is 0.102. The molecule has 9 heteroatoms. The molecule has 8 nitrogen and oxygen atoms in total. The van der Waals surface area contributed by atoms with Gasteiger partial charge in [-0.1, -0.05) is 41.4 Å². The maximum Gasteiger partial charge on any atom is 0.261 e. The number of hydrogen-bond acceptors (Lipinski definition) is 6. The molecule has 0 saturated heterocycles. The fourth-order valence-electron chi connectivity index (χ4n) is 4.47. The molecule has 4 aromatic rings. The van der Waals surface area contributed by atoms with Crippen LogP contribution in [-0.4, -0.2) is 37.0 Å². The molecule has 1 aliphatic rings. The minimum atomic E-state index is -0.424. The minimum Gasteiger partial charge on any atom is -0.493 e. The van der Waals surface area contributed by atoms with Gasteiger partial charge < -0.3 is 24.8 Å². The molecule has 1 aliphatic heterocycles. The van der Waals surface area contributed by atoms with Crippen LogP contribution in [0.15, 0.2) is 72.9 Å². The highest BCUT2D eigenvalue weighted by molar-refractivity contribution is 6.30. The number of benzene rings is 3. The van der Waals surface area contributed by atoms with Crippen LogP contribution in [0.4, 0.5) is 11.5 Å². The van der Waals surface area contributed by atoms with Crippen molar-refractivity contribution in [1.82, 2.24) is 9.78 Å². The van der Waals surface area contributed by atoms with Gasteiger partial charge in [0.1, 0.15) is 17.4 Å². The average Bonchev–Trinajstić information content (AvgIpc) is 3.37. The molecular weight excluding hydrogens is 504 g/mol. The third-order valence-electron chi connectivity index (χ3n) is 6.40. The van der Waals surface area contributed by atoms with E-state index in [-0.39, 0.29) is 5.91 Å². The first-order valence-corrected chi connectivity index (χ1v) is 12.3. The molecule has 0 unspecified atom stereocenters. The molecule has 0 radical (unpaired) electrons. The number of aryl methyl sites for hydroxylation is 1. The van der Waals surface area contributed by atoms with E-state index in [9.17, 15) is 4.79 Å². The molecule has 3 aromatic carbocycles. The maximum atomic E-state index is 13.4. The number of carbonyl (C=O) groups excluding carboxylic acids is 1. The molecule has 1 aromatic heterocycles. The first-order valence-electron chi connectivity index (χ1n) is 11.9. The van der Waals surface area contributed by atoms with Crippen LogP contribution in [0.25, 0.3) is 5.70 Å². The van der Waals surface area contributed by atoms with Crippen LogP contribution < -0.4 is 24.8 Å². The highest BCUT2D eigenvalue weighted by Gasteiger charge is 2.31. The molecule has 0 spiro atoms. The molecule has 38 heavy (non-hydrogen) atoms. The number of fused-ring (bicyclic) bond motifs is 1. The van der Waals surface area contributed by atoms with Crippen molar-refractivity contribution in [3.8, 4) is 17.2 Å². The number of rotatable bonds is 7. The van der Waals surface area contributed by atoms with E-state index in [0.717, 1.165) is 22.4 Å². The van der Waals surface area contributed by atoms with E-state index in [2.05, 4.69) is 15.7 Å². The van der Waals surface area contributed by atoms with E-state index in [1.807, 2.05) is 73.7 Å². The van der Waals surface area contributed by atoms with Crippen LogP contribution in [0.1, 0.15) is 33.1 Å². The van der Waals surface area contributed by atoms with E-state index in [0.29, 0.717) is 39.3 Å². The quantitative estimate of drug-likeness (QED) is 0.297. The monoisotopic (exact) mass is 530 g/mol. The van der Waals surface area contributed by atoms with Crippen LogP contribution in [0, 0.1) is 6.92 Å². The van der Waals surface area contributed by atoms with E-state index in [4.69, 9.17) is 25.8 Å². The zero-order valence-electron chi connectivity index (χ0n) is 21.4. The molecule has 1 amide bonds. The van der Waals surface area contributed by atoms with Gasteiger partial charge in [-0.3, -0.25) is 4.79 Å². The minimum absolute atomic E-state index is 0.280. The Morgan fingerprint density at radius 2 is 1.66 bits per heavy atom. The standard InChI is InChI=1S/C29H27ClN4O4/c1-17-5-11-20(12-6-17)32-29(35)22-16-31-34-24(21-13-14-25(36-2)27(38-4)26(21)37-3)15-23(33-28(22)34)18-7-9-19(30)10-8-18/h5-16,24,33H,1-4H3,(H,32,35)/t24-/m0/s1. The van der Waals surface area contributed by atoms with Crippen LogP contribution in [-0.2, 0) is 0 Å². The van der Waals surface area contributed by atoms with Crippen molar-refractivity contribution in [2.24, 2.45) is 0 Å². The average molecular weight is 531 g/mol. The van der Waals surface area contributed by atoms with E-state index < -0.39 is 6.04 Å². The van der Waals surface area contributed by atoms with Crippen molar-refractivity contribution in [2.45, 2.75) is 13.0 Å². The summed E-state index contributed by atoms with van der Waals surface area (Å²) >= 11 is 6.14. The Kier molecular flexibility index (Phi) is 6.98. The molecule has 0 aliphatic carbocycles. The number of nitrogens with zero attached hydrogens (tertiary/aromatic N) is 2. The molecule has 0 saturated carbocycles. The number of halogens is 1. The van der Waals surface area contributed by atoms with Gasteiger partial charge in [0, 0.05) is 22.0 Å². The van der Waals surface area contributed by atoms with E-state index in [1.54, 1.807) is 32.2 Å². The number of allylic oxidation sites excluding steroid dienone is 1. The third kappa shape index (κ3) is 4.66. The molecule has 5 rings (SSSR count). The Morgan fingerprint density at radius 1 is 0.947 bits per heavy atom. The number of carbonyl (C=O) groups is 1. The number of amides is 1. The second-order valence-electron chi connectivity index (χ2n) is 8.75. The summed E-state index contributed by atoms with van der Waals surface area (Å²) in [5.74, 6) is 1.79.